The van der Waals surface area contributed by atoms with E-state index < -0.39 is 11.7 Å². The van der Waals surface area contributed by atoms with Crippen LogP contribution in [-0.4, -0.2) is 12.6 Å². The van der Waals surface area contributed by atoms with Crippen LogP contribution in [0.1, 0.15) is 49.7 Å². The first-order valence-electron chi connectivity index (χ1n) is 6.93. The molecule has 0 bridgehead atoms. The van der Waals surface area contributed by atoms with Crippen molar-refractivity contribution in [3.63, 3.8) is 0 Å². The lowest BCUT2D eigenvalue weighted by molar-refractivity contribution is -0.137. The van der Waals surface area contributed by atoms with E-state index in [9.17, 15) is 13.2 Å². The third-order valence-electron chi connectivity index (χ3n) is 3.81. The highest BCUT2D eigenvalue weighted by atomic mass is 19.4. The normalized spacial score (nSPS) is 23.8. The molecule has 0 spiro atoms. The summed E-state index contributed by atoms with van der Waals surface area (Å²) in [5, 5.41) is 3.46. The molecule has 1 aromatic carbocycles. The first-order valence-corrected chi connectivity index (χ1v) is 6.93. The van der Waals surface area contributed by atoms with E-state index in [1.54, 1.807) is 0 Å². The molecule has 2 unspecified atom stereocenters. The van der Waals surface area contributed by atoms with E-state index in [1.807, 2.05) is 6.07 Å². The van der Waals surface area contributed by atoms with Crippen molar-refractivity contribution in [1.29, 1.82) is 0 Å². The lowest BCUT2D eigenvalue weighted by atomic mass is 9.92. The predicted molar refractivity (Wildman–Crippen MR) is 70.1 cm³/mol. The summed E-state index contributed by atoms with van der Waals surface area (Å²) in [7, 11) is 0. The van der Waals surface area contributed by atoms with E-state index in [4.69, 9.17) is 0 Å². The molecule has 4 heteroatoms. The Balaban J connectivity index is 2.16. The summed E-state index contributed by atoms with van der Waals surface area (Å²) in [4.78, 5) is 0. The number of alkyl halides is 3. The van der Waals surface area contributed by atoms with Gasteiger partial charge in [-0.2, -0.15) is 13.2 Å². The Hall–Kier alpha value is -1.03. The van der Waals surface area contributed by atoms with Crippen molar-refractivity contribution in [3.05, 3.63) is 35.4 Å². The second-order valence-electron chi connectivity index (χ2n) is 5.22. The van der Waals surface area contributed by atoms with Gasteiger partial charge in [0.2, 0.25) is 0 Å². The molecule has 0 aliphatic heterocycles. The Morgan fingerprint density at radius 3 is 2.74 bits per heavy atom. The van der Waals surface area contributed by atoms with E-state index in [2.05, 4.69) is 12.2 Å². The molecule has 1 aliphatic carbocycles. The summed E-state index contributed by atoms with van der Waals surface area (Å²) in [6, 6.07) is 6.13. The zero-order valence-corrected chi connectivity index (χ0v) is 11.1. The third kappa shape index (κ3) is 3.50. The quantitative estimate of drug-likeness (QED) is 0.859. The van der Waals surface area contributed by atoms with Gasteiger partial charge in [-0.3, -0.25) is 0 Å². The topological polar surface area (TPSA) is 12.0 Å². The van der Waals surface area contributed by atoms with E-state index in [0.29, 0.717) is 6.04 Å². The lowest BCUT2D eigenvalue weighted by Crippen LogP contribution is -2.31. The highest BCUT2D eigenvalue weighted by Crippen LogP contribution is 2.37. The molecule has 1 N–H and O–H groups in total. The highest BCUT2D eigenvalue weighted by molar-refractivity contribution is 5.30. The fourth-order valence-corrected chi connectivity index (χ4v) is 2.88. The van der Waals surface area contributed by atoms with Gasteiger partial charge < -0.3 is 5.32 Å². The van der Waals surface area contributed by atoms with E-state index in [0.717, 1.165) is 43.9 Å². The molecule has 1 aliphatic rings. The minimum Gasteiger partial charge on any atom is -0.313 e. The van der Waals surface area contributed by atoms with Gasteiger partial charge in [-0.25, -0.2) is 0 Å². The number of rotatable bonds is 4. The van der Waals surface area contributed by atoms with Crippen LogP contribution in [0.25, 0.3) is 0 Å². The molecule has 1 nitrogen and oxygen atoms in total. The second-order valence-corrected chi connectivity index (χ2v) is 5.22. The Kier molecular flexibility index (Phi) is 4.50. The fraction of sp³-hybridized carbons (Fsp3) is 0.600. The summed E-state index contributed by atoms with van der Waals surface area (Å²) in [5.41, 5.74) is 0.284. The molecular formula is C15H20F3N. The molecule has 0 radical (unpaired) electrons. The van der Waals surface area contributed by atoms with Crippen LogP contribution in [0.15, 0.2) is 24.3 Å². The van der Waals surface area contributed by atoms with Crippen LogP contribution < -0.4 is 5.32 Å². The van der Waals surface area contributed by atoms with Crippen LogP contribution in [0.2, 0.25) is 0 Å². The van der Waals surface area contributed by atoms with Crippen LogP contribution in [0, 0.1) is 0 Å². The zero-order chi connectivity index (χ0) is 13.9. The standard InChI is InChI=1S/C15H20F3N/c1-2-9-19-14-8-4-7-13(14)11-5-3-6-12(10-11)15(16,17)18/h3,5-6,10,13-14,19H,2,4,7-9H2,1H3. The van der Waals surface area contributed by atoms with Crippen molar-refractivity contribution < 1.29 is 13.2 Å². The molecule has 0 amide bonds. The minimum absolute atomic E-state index is 0.217. The average molecular weight is 271 g/mol. The van der Waals surface area contributed by atoms with E-state index >= 15 is 0 Å². The van der Waals surface area contributed by atoms with E-state index in [1.165, 1.54) is 12.1 Å². The van der Waals surface area contributed by atoms with Gasteiger partial charge >= 0.3 is 6.18 Å². The zero-order valence-electron chi connectivity index (χ0n) is 11.1. The van der Waals surface area contributed by atoms with Gasteiger partial charge in [-0.1, -0.05) is 31.5 Å². The number of nitrogens with one attached hydrogen (secondary N) is 1. The van der Waals surface area contributed by atoms with Crippen LogP contribution in [0.3, 0.4) is 0 Å². The Morgan fingerprint density at radius 1 is 1.26 bits per heavy atom. The summed E-state index contributed by atoms with van der Waals surface area (Å²) < 4.78 is 38.2. The van der Waals surface area contributed by atoms with E-state index in [-0.39, 0.29) is 5.92 Å². The van der Waals surface area contributed by atoms with Crippen LogP contribution >= 0.6 is 0 Å². The predicted octanol–water partition coefficient (Wildman–Crippen LogP) is 4.34. The van der Waals surface area contributed by atoms with Gasteiger partial charge in [0, 0.05) is 6.04 Å². The van der Waals surface area contributed by atoms with Crippen LogP contribution in [-0.2, 0) is 6.18 Å². The van der Waals surface area contributed by atoms with Crippen molar-refractivity contribution in [2.75, 3.05) is 6.54 Å². The molecular weight excluding hydrogens is 251 g/mol. The van der Waals surface area contributed by atoms with Crippen LogP contribution in [0.5, 0.6) is 0 Å². The van der Waals surface area contributed by atoms with Gasteiger partial charge in [0.05, 0.1) is 5.56 Å². The first kappa shape index (κ1) is 14.4. The first-order chi connectivity index (χ1) is 9.02. The number of benzene rings is 1. The van der Waals surface area contributed by atoms with Crippen molar-refractivity contribution in [1.82, 2.24) is 5.32 Å². The Bertz CT molecular complexity index is 414. The molecule has 106 valence electrons. The Labute approximate surface area is 112 Å². The lowest BCUT2D eigenvalue weighted by Gasteiger charge is -2.22. The van der Waals surface area contributed by atoms with Crippen molar-refractivity contribution in [3.8, 4) is 0 Å². The number of hydrogen-bond donors (Lipinski definition) is 1. The molecule has 0 heterocycles. The second kappa shape index (κ2) is 5.95. The fourth-order valence-electron chi connectivity index (χ4n) is 2.88. The largest absolute Gasteiger partial charge is 0.416 e. The van der Waals surface area contributed by atoms with Crippen LogP contribution in [0.4, 0.5) is 13.2 Å². The maximum atomic E-state index is 12.7. The van der Waals surface area contributed by atoms with Crippen molar-refractivity contribution >= 4 is 0 Å². The SMILES string of the molecule is CCCNC1CCCC1c1cccc(C(F)(F)F)c1. The molecule has 19 heavy (non-hydrogen) atoms. The molecule has 0 saturated heterocycles. The summed E-state index contributed by atoms with van der Waals surface area (Å²) in [5.74, 6) is 0.217. The molecule has 2 rings (SSSR count). The summed E-state index contributed by atoms with van der Waals surface area (Å²) in [6.07, 6.45) is -0.0847. The van der Waals surface area contributed by atoms with Gasteiger partial charge in [0.15, 0.2) is 0 Å². The number of halogens is 3. The van der Waals surface area contributed by atoms with Gasteiger partial charge in [0.1, 0.15) is 0 Å². The van der Waals surface area contributed by atoms with Gasteiger partial charge in [-0.15, -0.1) is 0 Å². The molecule has 1 aromatic rings. The smallest absolute Gasteiger partial charge is 0.313 e. The van der Waals surface area contributed by atoms with Crippen molar-refractivity contribution in [2.45, 2.75) is 50.7 Å². The maximum absolute atomic E-state index is 12.7. The van der Waals surface area contributed by atoms with Crippen molar-refractivity contribution in [2.24, 2.45) is 0 Å². The maximum Gasteiger partial charge on any atom is 0.416 e. The summed E-state index contributed by atoms with van der Waals surface area (Å²) >= 11 is 0. The molecule has 1 fully saturated rings. The molecule has 0 aromatic heterocycles. The minimum atomic E-state index is -4.25. The average Bonchev–Trinajstić information content (AvgIpc) is 2.83. The number of hydrogen-bond acceptors (Lipinski definition) is 1. The third-order valence-corrected chi connectivity index (χ3v) is 3.81. The highest BCUT2D eigenvalue weighted by Gasteiger charge is 2.33. The Morgan fingerprint density at radius 2 is 2.05 bits per heavy atom. The molecule has 1 saturated carbocycles. The monoisotopic (exact) mass is 271 g/mol. The summed E-state index contributed by atoms with van der Waals surface area (Å²) in [6.45, 7) is 3.03. The molecule has 2 atom stereocenters. The van der Waals surface area contributed by atoms with Gasteiger partial charge in [0.25, 0.3) is 0 Å². The van der Waals surface area contributed by atoms with Gasteiger partial charge in [-0.05, 0) is 43.4 Å².